The molecule has 0 aliphatic carbocycles. The van der Waals surface area contributed by atoms with Gasteiger partial charge < -0.3 is 5.73 Å². The number of aromatic nitrogens is 3. The molecule has 0 unspecified atom stereocenters. The summed E-state index contributed by atoms with van der Waals surface area (Å²) in [6.45, 7) is 8.28. The maximum atomic E-state index is 5.94. The van der Waals surface area contributed by atoms with Crippen molar-refractivity contribution in [3.8, 4) is 0 Å². The van der Waals surface area contributed by atoms with E-state index in [9.17, 15) is 0 Å². The average Bonchev–Trinajstić information content (AvgIpc) is 2.42. The van der Waals surface area contributed by atoms with Crippen molar-refractivity contribution in [1.82, 2.24) is 14.8 Å². The summed E-state index contributed by atoms with van der Waals surface area (Å²) >= 11 is 0. The van der Waals surface area contributed by atoms with Crippen LogP contribution in [0.4, 0.5) is 0 Å². The van der Waals surface area contributed by atoms with Crippen molar-refractivity contribution < 1.29 is 0 Å². The molecule has 0 bridgehead atoms. The van der Waals surface area contributed by atoms with Gasteiger partial charge in [0.2, 0.25) is 0 Å². The number of nitrogens with zero attached hydrogens (tertiary/aromatic N) is 3. The molecule has 0 saturated carbocycles. The van der Waals surface area contributed by atoms with E-state index in [0.717, 1.165) is 24.5 Å². The predicted molar refractivity (Wildman–Crippen MR) is 61.7 cm³/mol. The molecule has 1 aromatic rings. The first-order valence-corrected chi connectivity index (χ1v) is 5.48. The van der Waals surface area contributed by atoms with Gasteiger partial charge in [-0.2, -0.15) is 5.10 Å². The van der Waals surface area contributed by atoms with Gasteiger partial charge in [-0.25, -0.2) is 4.98 Å². The lowest BCUT2D eigenvalue weighted by Crippen LogP contribution is -2.32. The van der Waals surface area contributed by atoms with E-state index in [2.05, 4.69) is 23.9 Å². The summed E-state index contributed by atoms with van der Waals surface area (Å²) in [6, 6.07) is 0. The molecule has 4 nitrogen and oxygen atoms in total. The van der Waals surface area contributed by atoms with Gasteiger partial charge in [0, 0.05) is 24.9 Å². The quantitative estimate of drug-likeness (QED) is 0.821. The fourth-order valence-corrected chi connectivity index (χ4v) is 1.33. The molecule has 0 amide bonds. The highest BCUT2D eigenvalue weighted by molar-refractivity contribution is 4.97. The Bertz CT molecular complexity index is 320. The van der Waals surface area contributed by atoms with Gasteiger partial charge in [-0.1, -0.05) is 13.8 Å². The SMILES string of the molecule is CC(C)c1nc(CCC(C)(C)N)n(C)n1. The van der Waals surface area contributed by atoms with E-state index < -0.39 is 0 Å². The van der Waals surface area contributed by atoms with Crippen LogP contribution >= 0.6 is 0 Å². The normalized spacial score (nSPS) is 12.5. The van der Waals surface area contributed by atoms with E-state index in [1.165, 1.54) is 0 Å². The van der Waals surface area contributed by atoms with Gasteiger partial charge in [0.15, 0.2) is 5.82 Å². The second kappa shape index (κ2) is 4.31. The maximum Gasteiger partial charge on any atom is 0.153 e. The summed E-state index contributed by atoms with van der Waals surface area (Å²) in [7, 11) is 1.94. The first-order chi connectivity index (χ1) is 6.79. The molecule has 0 radical (unpaired) electrons. The van der Waals surface area contributed by atoms with Crippen molar-refractivity contribution in [1.29, 1.82) is 0 Å². The molecule has 2 N–H and O–H groups in total. The van der Waals surface area contributed by atoms with Crippen LogP contribution < -0.4 is 5.73 Å². The van der Waals surface area contributed by atoms with Crippen molar-refractivity contribution in [2.45, 2.75) is 52.0 Å². The molecule has 4 heteroatoms. The molecule has 0 saturated heterocycles. The Hall–Kier alpha value is -0.900. The Labute approximate surface area is 91.9 Å². The highest BCUT2D eigenvalue weighted by atomic mass is 15.3. The van der Waals surface area contributed by atoms with Gasteiger partial charge in [-0.15, -0.1) is 0 Å². The Morgan fingerprint density at radius 3 is 2.40 bits per heavy atom. The maximum absolute atomic E-state index is 5.94. The number of rotatable bonds is 4. The second-order valence-corrected chi connectivity index (χ2v) is 5.15. The van der Waals surface area contributed by atoms with Crippen LogP contribution in [-0.4, -0.2) is 20.3 Å². The molecule has 0 aliphatic rings. The van der Waals surface area contributed by atoms with Crippen LogP contribution in [0.25, 0.3) is 0 Å². The second-order valence-electron chi connectivity index (χ2n) is 5.15. The lowest BCUT2D eigenvalue weighted by Gasteiger charge is -2.17. The standard InChI is InChI=1S/C11H22N4/c1-8(2)10-13-9(15(5)14-10)6-7-11(3,4)12/h8H,6-7,12H2,1-5H3. The number of hydrogen-bond acceptors (Lipinski definition) is 3. The molecular formula is C11H22N4. The summed E-state index contributed by atoms with van der Waals surface area (Å²) in [4.78, 5) is 4.51. The molecule has 0 aliphatic heterocycles. The van der Waals surface area contributed by atoms with E-state index in [-0.39, 0.29) is 5.54 Å². The van der Waals surface area contributed by atoms with Crippen LogP contribution in [-0.2, 0) is 13.5 Å². The van der Waals surface area contributed by atoms with Crippen molar-refractivity contribution in [2.75, 3.05) is 0 Å². The molecule has 1 rings (SSSR count). The molecule has 1 aromatic heterocycles. The van der Waals surface area contributed by atoms with E-state index in [1.54, 1.807) is 0 Å². The third kappa shape index (κ3) is 3.63. The van der Waals surface area contributed by atoms with E-state index >= 15 is 0 Å². The third-order valence-corrected chi connectivity index (χ3v) is 2.38. The molecule has 0 atom stereocenters. The minimum Gasteiger partial charge on any atom is -0.326 e. The van der Waals surface area contributed by atoms with Crippen molar-refractivity contribution in [3.05, 3.63) is 11.6 Å². The zero-order valence-electron chi connectivity index (χ0n) is 10.4. The molecule has 1 heterocycles. The number of aryl methyl sites for hydroxylation is 2. The molecule has 86 valence electrons. The van der Waals surface area contributed by atoms with Crippen LogP contribution in [0.15, 0.2) is 0 Å². The fraction of sp³-hybridized carbons (Fsp3) is 0.818. The minimum atomic E-state index is -0.135. The van der Waals surface area contributed by atoms with Gasteiger partial charge in [-0.3, -0.25) is 4.68 Å². The monoisotopic (exact) mass is 210 g/mol. The smallest absolute Gasteiger partial charge is 0.153 e. The summed E-state index contributed by atoms with van der Waals surface area (Å²) in [5.74, 6) is 2.33. The number of hydrogen-bond donors (Lipinski definition) is 1. The third-order valence-electron chi connectivity index (χ3n) is 2.38. The highest BCUT2D eigenvalue weighted by Crippen LogP contribution is 2.13. The Morgan fingerprint density at radius 1 is 1.40 bits per heavy atom. The van der Waals surface area contributed by atoms with Gasteiger partial charge in [0.05, 0.1) is 0 Å². The summed E-state index contributed by atoms with van der Waals surface area (Å²) in [5, 5.41) is 4.38. The number of nitrogens with two attached hydrogens (primary N) is 1. The first-order valence-electron chi connectivity index (χ1n) is 5.48. The van der Waals surface area contributed by atoms with E-state index in [0.29, 0.717) is 5.92 Å². The molecule has 0 spiro atoms. The zero-order valence-corrected chi connectivity index (χ0v) is 10.4. The summed E-state index contributed by atoms with van der Waals surface area (Å²) in [5.41, 5.74) is 5.81. The van der Waals surface area contributed by atoms with Crippen LogP contribution in [0.3, 0.4) is 0 Å². The largest absolute Gasteiger partial charge is 0.326 e. The molecule has 0 aromatic carbocycles. The topological polar surface area (TPSA) is 56.7 Å². The fourth-order valence-electron chi connectivity index (χ4n) is 1.33. The lowest BCUT2D eigenvalue weighted by atomic mass is 10.00. The minimum absolute atomic E-state index is 0.135. The highest BCUT2D eigenvalue weighted by Gasteiger charge is 2.15. The first kappa shape index (κ1) is 12.2. The molecule has 15 heavy (non-hydrogen) atoms. The Kier molecular flexibility index (Phi) is 3.50. The molecule has 0 fully saturated rings. The van der Waals surface area contributed by atoms with Crippen molar-refractivity contribution >= 4 is 0 Å². The molecular weight excluding hydrogens is 188 g/mol. The van der Waals surface area contributed by atoms with E-state index in [1.807, 2.05) is 25.6 Å². The Balaban J connectivity index is 2.69. The summed E-state index contributed by atoms with van der Waals surface area (Å²) < 4.78 is 1.86. The summed E-state index contributed by atoms with van der Waals surface area (Å²) in [6.07, 6.45) is 1.82. The zero-order chi connectivity index (χ0) is 11.6. The lowest BCUT2D eigenvalue weighted by molar-refractivity contribution is 0.465. The van der Waals surface area contributed by atoms with Crippen LogP contribution in [0.1, 0.15) is 51.7 Å². The van der Waals surface area contributed by atoms with Gasteiger partial charge in [-0.05, 0) is 20.3 Å². The van der Waals surface area contributed by atoms with Crippen LogP contribution in [0.5, 0.6) is 0 Å². The Morgan fingerprint density at radius 2 is 2.00 bits per heavy atom. The average molecular weight is 210 g/mol. The van der Waals surface area contributed by atoms with Crippen LogP contribution in [0.2, 0.25) is 0 Å². The van der Waals surface area contributed by atoms with E-state index in [4.69, 9.17) is 5.73 Å². The van der Waals surface area contributed by atoms with Gasteiger partial charge in [0.25, 0.3) is 0 Å². The van der Waals surface area contributed by atoms with Crippen LogP contribution in [0, 0.1) is 0 Å². The van der Waals surface area contributed by atoms with Crippen molar-refractivity contribution in [2.24, 2.45) is 12.8 Å². The van der Waals surface area contributed by atoms with Gasteiger partial charge >= 0.3 is 0 Å². The van der Waals surface area contributed by atoms with Gasteiger partial charge in [0.1, 0.15) is 5.82 Å². The van der Waals surface area contributed by atoms with Crippen molar-refractivity contribution in [3.63, 3.8) is 0 Å². The predicted octanol–water partition coefficient (Wildman–Crippen LogP) is 1.61.